The third-order valence-electron chi connectivity index (χ3n) is 4.71. The molecule has 1 aliphatic rings. The van der Waals surface area contributed by atoms with Gasteiger partial charge in [-0.2, -0.15) is 0 Å². The van der Waals surface area contributed by atoms with Gasteiger partial charge in [0.15, 0.2) is 0 Å². The maximum Gasteiger partial charge on any atom is 0.337 e. The number of methoxy groups -OCH3 is 1. The van der Waals surface area contributed by atoms with E-state index < -0.39 is 5.97 Å². The van der Waals surface area contributed by atoms with Crippen LogP contribution in [0.3, 0.4) is 0 Å². The van der Waals surface area contributed by atoms with Crippen LogP contribution in [-0.4, -0.2) is 42.9 Å². The van der Waals surface area contributed by atoms with Crippen molar-refractivity contribution < 1.29 is 19.1 Å². The fourth-order valence-electron chi connectivity index (χ4n) is 3.14. The van der Waals surface area contributed by atoms with Gasteiger partial charge in [0.05, 0.1) is 12.7 Å². The number of nitrogens with one attached hydrogen (secondary N) is 1. The Labute approximate surface area is 160 Å². The largest absolute Gasteiger partial charge is 0.465 e. The summed E-state index contributed by atoms with van der Waals surface area (Å²) < 4.78 is 4.68. The van der Waals surface area contributed by atoms with Crippen molar-refractivity contribution in [3.8, 4) is 0 Å². The molecule has 0 unspecified atom stereocenters. The van der Waals surface area contributed by atoms with E-state index in [0.717, 1.165) is 19.3 Å². The standard InChI is InChI=1S/C21H28N2O4/c1-16(24)23(13-11-17-7-4-3-5-8-17)14-12-20(25)22-19-10-6-9-18(15-19)21(26)27-2/h6-7,9-10,15H,3-5,8,11-14H2,1-2H3,(H,22,25). The number of ether oxygens (including phenoxy) is 1. The minimum absolute atomic E-state index is 0.0214. The van der Waals surface area contributed by atoms with Gasteiger partial charge in [-0.05, 0) is 50.3 Å². The summed E-state index contributed by atoms with van der Waals surface area (Å²) in [5.74, 6) is -0.669. The molecule has 27 heavy (non-hydrogen) atoms. The number of carbonyl (C=O) groups excluding carboxylic acids is 3. The lowest BCUT2D eigenvalue weighted by atomic mass is 9.97. The summed E-state index contributed by atoms with van der Waals surface area (Å²) in [6.45, 7) is 2.56. The molecule has 0 saturated carbocycles. The highest BCUT2D eigenvalue weighted by Gasteiger charge is 2.13. The Morgan fingerprint density at radius 1 is 1.19 bits per heavy atom. The second-order valence-corrected chi connectivity index (χ2v) is 6.73. The summed E-state index contributed by atoms with van der Waals surface area (Å²) in [6, 6.07) is 6.59. The number of allylic oxidation sites excluding steroid dienone is 1. The van der Waals surface area contributed by atoms with Crippen LogP contribution in [0.4, 0.5) is 5.69 Å². The van der Waals surface area contributed by atoms with Gasteiger partial charge in [0.25, 0.3) is 0 Å². The first-order valence-corrected chi connectivity index (χ1v) is 9.41. The topological polar surface area (TPSA) is 75.7 Å². The van der Waals surface area contributed by atoms with Gasteiger partial charge in [0.2, 0.25) is 11.8 Å². The Bertz CT molecular complexity index is 712. The zero-order valence-corrected chi connectivity index (χ0v) is 16.1. The van der Waals surface area contributed by atoms with Crippen molar-refractivity contribution in [1.82, 2.24) is 4.90 Å². The lowest BCUT2D eigenvalue weighted by Crippen LogP contribution is -2.33. The predicted octanol–water partition coefficient (Wildman–Crippen LogP) is 3.54. The molecule has 6 heteroatoms. The summed E-state index contributed by atoms with van der Waals surface area (Å²) in [4.78, 5) is 37.4. The number of carbonyl (C=O) groups is 3. The third kappa shape index (κ3) is 6.89. The summed E-state index contributed by atoms with van der Waals surface area (Å²) in [7, 11) is 1.31. The van der Waals surface area contributed by atoms with Crippen LogP contribution in [0.1, 0.15) is 55.8 Å². The molecule has 0 atom stereocenters. The first-order valence-electron chi connectivity index (χ1n) is 9.41. The molecule has 0 spiro atoms. The van der Waals surface area contributed by atoms with Crippen LogP contribution in [0, 0.1) is 0 Å². The van der Waals surface area contributed by atoms with E-state index in [0.29, 0.717) is 24.3 Å². The van der Waals surface area contributed by atoms with Crippen LogP contribution in [-0.2, 0) is 14.3 Å². The molecule has 1 aromatic rings. The van der Waals surface area contributed by atoms with E-state index in [4.69, 9.17) is 0 Å². The van der Waals surface area contributed by atoms with Crippen LogP contribution in [0.15, 0.2) is 35.9 Å². The monoisotopic (exact) mass is 372 g/mol. The molecule has 0 bridgehead atoms. The molecule has 2 rings (SSSR count). The number of hydrogen-bond acceptors (Lipinski definition) is 4. The molecule has 2 amide bonds. The number of rotatable bonds is 8. The molecule has 1 N–H and O–H groups in total. The summed E-state index contributed by atoms with van der Waals surface area (Å²) in [6.07, 6.45) is 8.08. The molecule has 0 saturated heterocycles. The van der Waals surface area contributed by atoms with E-state index in [1.165, 1.54) is 32.4 Å². The van der Waals surface area contributed by atoms with Crippen molar-refractivity contribution in [2.24, 2.45) is 0 Å². The molecule has 0 heterocycles. The molecular formula is C21H28N2O4. The highest BCUT2D eigenvalue weighted by Crippen LogP contribution is 2.20. The SMILES string of the molecule is COC(=O)c1cccc(NC(=O)CCN(CCC2=CCCCC2)C(C)=O)c1. The van der Waals surface area contributed by atoms with Crippen LogP contribution in [0.2, 0.25) is 0 Å². The number of hydrogen-bond donors (Lipinski definition) is 1. The smallest absolute Gasteiger partial charge is 0.337 e. The minimum atomic E-state index is -0.453. The van der Waals surface area contributed by atoms with E-state index in [1.54, 1.807) is 29.2 Å². The van der Waals surface area contributed by atoms with Crippen molar-refractivity contribution in [2.75, 3.05) is 25.5 Å². The van der Waals surface area contributed by atoms with Crippen LogP contribution in [0.5, 0.6) is 0 Å². The Morgan fingerprint density at radius 2 is 2.00 bits per heavy atom. The van der Waals surface area contributed by atoms with Crippen LogP contribution < -0.4 is 5.32 Å². The number of amides is 2. The fourth-order valence-corrected chi connectivity index (χ4v) is 3.14. The van der Waals surface area contributed by atoms with Gasteiger partial charge in [0.1, 0.15) is 0 Å². The molecule has 0 fully saturated rings. The molecule has 6 nitrogen and oxygen atoms in total. The predicted molar refractivity (Wildman–Crippen MR) is 104 cm³/mol. The summed E-state index contributed by atoms with van der Waals surface area (Å²) in [5.41, 5.74) is 2.32. The zero-order valence-electron chi connectivity index (χ0n) is 16.1. The first-order chi connectivity index (χ1) is 13.0. The average Bonchev–Trinajstić information content (AvgIpc) is 2.68. The van der Waals surface area contributed by atoms with E-state index in [1.807, 2.05) is 0 Å². The minimum Gasteiger partial charge on any atom is -0.465 e. The lowest BCUT2D eigenvalue weighted by Gasteiger charge is -2.22. The van der Waals surface area contributed by atoms with Gasteiger partial charge < -0.3 is 15.0 Å². The van der Waals surface area contributed by atoms with Gasteiger partial charge in [-0.3, -0.25) is 9.59 Å². The first kappa shape index (κ1) is 20.7. The van der Waals surface area contributed by atoms with Crippen molar-refractivity contribution in [2.45, 2.75) is 45.4 Å². The maximum atomic E-state index is 12.2. The van der Waals surface area contributed by atoms with Gasteiger partial charge in [-0.1, -0.05) is 17.7 Å². The molecule has 1 aromatic carbocycles. The highest BCUT2D eigenvalue weighted by molar-refractivity contribution is 5.94. The summed E-state index contributed by atoms with van der Waals surface area (Å²) in [5, 5.41) is 2.76. The quantitative estimate of drug-likeness (QED) is 0.559. The molecule has 0 radical (unpaired) electrons. The number of benzene rings is 1. The zero-order chi connectivity index (χ0) is 19.6. The number of esters is 1. The number of nitrogens with zero attached hydrogens (tertiary/aromatic N) is 1. The van der Waals surface area contributed by atoms with Crippen molar-refractivity contribution in [3.05, 3.63) is 41.5 Å². The molecule has 146 valence electrons. The summed E-state index contributed by atoms with van der Waals surface area (Å²) >= 11 is 0. The van der Waals surface area contributed by atoms with Gasteiger partial charge in [-0.25, -0.2) is 4.79 Å². The normalized spacial score (nSPS) is 13.5. The van der Waals surface area contributed by atoms with Gasteiger partial charge >= 0.3 is 5.97 Å². The number of anilines is 1. The van der Waals surface area contributed by atoms with Gasteiger partial charge in [-0.15, -0.1) is 0 Å². The van der Waals surface area contributed by atoms with Crippen LogP contribution >= 0.6 is 0 Å². The highest BCUT2D eigenvalue weighted by atomic mass is 16.5. The molecule has 0 aromatic heterocycles. The second-order valence-electron chi connectivity index (χ2n) is 6.73. The van der Waals surface area contributed by atoms with E-state index in [9.17, 15) is 14.4 Å². The Morgan fingerprint density at radius 3 is 2.67 bits per heavy atom. The van der Waals surface area contributed by atoms with Crippen molar-refractivity contribution in [1.29, 1.82) is 0 Å². The van der Waals surface area contributed by atoms with E-state index in [2.05, 4.69) is 16.1 Å². The van der Waals surface area contributed by atoms with Crippen LogP contribution in [0.25, 0.3) is 0 Å². The second kappa shape index (κ2) is 10.5. The van der Waals surface area contributed by atoms with Gasteiger partial charge in [0, 0.05) is 32.1 Å². The van der Waals surface area contributed by atoms with E-state index >= 15 is 0 Å². The Hall–Kier alpha value is -2.63. The Balaban J connectivity index is 1.83. The van der Waals surface area contributed by atoms with Crippen molar-refractivity contribution >= 4 is 23.5 Å². The molecule has 1 aliphatic carbocycles. The lowest BCUT2D eigenvalue weighted by molar-refractivity contribution is -0.129. The third-order valence-corrected chi connectivity index (χ3v) is 4.71. The molecular weight excluding hydrogens is 344 g/mol. The maximum absolute atomic E-state index is 12.2. The Kier molecular flexibility index (Phi) is 8.04. The molecule has 0 aliphatic heterocycles. The van der Waals surface area contributed by atoms with Crippen molar-refractivity contribution in [3.63, 3.8) is 0 Å². The fraction of sp³-hybridized carbons (Fsp3) is 0.476. The van der Waals surface area contributed by atoms with E-state index in [-0.39, 0.29) is 18.2 Å². The average molecular weight is 372 g/mol.